The summed E-state index contributed by atoms with van der Waals surface area (Å²) in [6.07, 6.45) is 2.00. The van der Waals surface area contributed by atoms with Crippen LogP contribution in [0.25, 0.3) is 0 Å². The van der Waals surface area contributed by atoms with Crippen LogP contribution in [0.5, 0.6) is 0 Å². The van der Waals surface area contributed by atoms with E-state index in [0.29, 0.717) is 18.5 Å². The topological polar surface area (TPSA) is 88.9 Å². The van der Waals surface area contributed by atoms with Crippen LogP contribution >= 0.6 is 0 Å². The molecule has 1 aromatic carbocycles. The molecule has 0 saturated carbocycles. The first-order valence-corrected chi connectivity index (χ1v) is 8.05. The van der Waals surface area contributed by atoms with E-state index >= 15 is 0 Å². The first kappa shape index (κ1) is 18.6. The van der Waals surface area contributed by atoms with Gasteiger partial charge >= 0.3 is 0 Å². The van der Waals surface area contributed by atoms with Crippen LogP contribution in [-0.2, 0) is 18.3 Å². The molecule has 0 unspecified atom stereocenters. The maximum atomic E-state index is 12.9. The fraction of sp³-hybridized carbons (Fsp3) is 0.412. The summed E-state index contributed by atoms with van der Waals surface area (Å²) in [6.45, 7) is 4.08. The van der Waals surface area contributed by atoms with Gasteiger partial charge in [-0.2, -0.15) is 5.10 Å². The highest BCUT2D eigenvalue weighted by atomic mass is 19.1. The van der Waals surface area contributed by atoms with Crippen molar-refractivity contribution in [2.45, 2.75) is 26.3 Å². The van der Waals surface area contributed by atoms with Gasteiger partial charge in [0.2, 0.25) is 5.91 Å². The minimum Gasteiger partial charge on any atom is -0.354 e. The molecular formula is C17H22FN5O2. The number of hydrogen-bond acceptors (Lipinski definition) is 4. The summed E-state index contributed by atoms with van der Waals surface area (Å²) in [5.41, 5.74) is 0.305. The molecule has 1 aromatic heterocycles. The van der Waals surface area contributed by atoms with Gasteiger partial charge in [0, 0.05) is 25.6 Å². The predicted molar refractivity (Wildman–Crippen MR) is 90.2 cm³/mol. The largest absolute Gasteiger partial charge is 0.354 e. The molecule has 0 aliphatic carbocycles. The van der Waals surface area contributed by atoms with E-state index in [9.17, 15) is 14.0 Å². The van der Waals surface area contributed by atoms with Crippen molar-refractivity contribution in [3.8, 4) is 0 Å². The first-order valence-electron chi connectivity index (χ1n) is 8.05. The maximum absolute atomic E-state index is 12.9. The Balaban J connectivity index is 1.92. The van der Waals surface area contributed by atoms with Crippen molar-refractivity contribution in [1.29, 1.82) is 0 Å². The number of carbonyl (C=O) groups is 2. The molecule has 2 N–H and O–H groups in total. The number of nitrogens with one attached hydrogen (secondary N) is 2. The third-order valence-electron chi connectivity index (χ3n) is 3.80. The van der Waals surface area contributed by atoms with Crippen molar-refractivity contribution >= 4 is 11.8 Å². The minimum atomic E-state index is -0.683. The molecule has 1 heterocycles. The summed E-state index contributed by atoms with van der Waals surface area (Å²) in [7, 11) is 1.78. The summed E-state index contributed by atoms with van der Waals surface area (Å²) in [6, 6.07) is 4.50. The molecule has 25 heavy (non-hydrogen) atoms. The standard InChI is InChI=1S/C17H22FN5O2/c1-11(2)15(22-16(24)12-4-6-13(18)7-5-12)17(25)19-9-8-14-20-10-21-23(14)3/h4-7,10-11,15H,8-9H2,1-3H3,(H,19,25)(H,22,24)/t15-/m0/s1. The quantitative estimate of drug-likeness (QED) is 0.784. The van der Waals surface area contributed by atoms with Gasteiger partial charge in [0.05, 0.1) is 0 Å². The molecule has 0 radical (unpaired) electrons. The highest BCUT2D eigenvalue weighted by Crippen LogP contribution is 2.07. The van der Waals surface area contributed by atoms with E-state index in [4.69, 9.17) is 0 Å². The number of amides is 2. The number of benzene rings is 1. The number of rotatable bonds is 7. The summed E-state index contributed by atoms with van der Waals surface area (Å²) in [5.74, 6) is -0.441. The van der Waals surface area contributed by atoms with E-state index < -0.39 is 17.8 Å². The van der Waals surface area contributed by atoms with Crippen molar-refractivity contribution in [1.82, 2.24) is 25.4 Å². The normalized spacial score (nSPS) is 12.0. The van der Waals surface area contributed by atoms with E-state index in [0.717, 1.165) is 5.82 Å². The number of aryl methyl sites for hydroxylation is 1. The fourth-order valence-corrected chi connectivity index (χ4v) is 2.31. The van der Waals surface area contributed by atoms with E-state index in [2.05, 4.69) is 20.7 Å². The zero-order chi connectivity index (χ0) is 18.4. The molecule has 7 nitrogen and oxygen atoms in total. The lowest BCUT2D eigenvalue weighted by Gasteiger charge is -2.21. The van der Waals surface area contributed by atoms with Crippen molar-refractivity contribution in [3.63, 3.8) is 0 Å². The van der Waals surface area contributed by atoms with Gasteiger partial charge in [-0.1, -0.05) is 13.8 Å². The molecule has 2 aromatic rings. The van der Waals surface area contributed by atoms with E-state index in [1.165, 1.54) is 30.6 Å². The van der Waals surface area contributed by atoms with Gasteiger partial charge in [-0.25, -0.2) is 9.37 Å². The van der Waals surface area contributed by atoms with E-state index in [1.54, 1.807) is 11.7 Å². The molecule has 1 atom stereocenters. The van der Waals surface area contributed by atoms with Gasteiger partial charge in [-0.3, -0.25) is 14.3 Å². The monoisotopic (exact) mass is 347 g/mol. The third kappa shape index (κ3) is 5.10. The van der Waals surface area contributed by atoms with Gasteiger partial charge in [0.15, 0.2) is 0 Å². The molecule has 0 aliphatic rings. The number of halogens is 1. The Morgan fingerprint density at radius 3 is 2.48 bits per heavy atom. The Morgan fingerprint density at radius 2 is 1.92 bits per heavy atom. The molecule has 134 valence electrons. The number of carbonyl (C=O) groups excluding carboxylic acids is 2. The van der Waals surface area contributed by atoms with Crippen molar-refractivity contribution < 1.29 is 14.0 Å². The Bertz CT molecular complexity index is 727. The second kappa shape index (κ2) is 8.36. The van der Waals surface area contributed by atoms with Crippen LogP contribution < -0.4 is 10.6 Å². The Morgan fingerprint density at radius 1 is 1.24 bits per heavy atom. The Labute approximate surface area is 145 Å². The molecule has 0 saturated heterocycles. The predicted octanol–water partition coefficient (Wildman–Crippen LogP) is 1.07. The van der Waals surface area contributed by atoms with Crippen molar-refractivity contribution in [2.24, 2.45) is 13.0 Å². The number of aromatic nitrogens is 3. The van der Waals surface area contributed by atoms with E-state index in [-0.39, 0.29) is 11.8 Å². The first-order chi connectivity index (χ1) is 11.9. The second-order valence-corrected chi connectivity index (χ2v) is 6.04. The van der Waals surface area contributed by atoms with Gasteiger partial charge < -0.3 is 10.6 Å². The average molecular weight is 347 g/mol. The molecule has 2 amide bonds. The maximum Gasteiger partial charge on any atom is 0.251 e. The van der Waals surface area contributed by atoms with Crippen molar-refractivity contribution in [3.05, 3.63) is 47.8 Å². The van der Waals surface area contributed by atoms with Crippen LogP contribution in [-0.4, -0.2) is 39.2 Å². The van der Waals surface area contributed by atoms with Gasteiger partial charge in [-0.05, 0) is 30.2 Å². The summed E-state index contributed by atoms with van der Waals surface area (Å²) in [5, 5.41) is 9.47. The van der Waals surface area contributed by atoms with Gasteiger partial charge in [0.1, 0.15) is 24.0 Å². The van der Waals surface area contributed by atoms with E-state index in [1.807, 2.05) is 13.8 Å². The molecular weight excluding hydrogens is 325 g/mol. The lowest BCUT2D eigenvalue weighted by Crippen LogP contribution is -2.50. The number of hydrogen-bond donors (Lipinski definition) is 2. The van der Waals surface area contributed by atoms with Crippen LogP contribution in [0.1, 0.15) is 30.0 Å². The summed E-state index contributed by atoms with van der Waals surface area (Å²) < 4.78 is 14.6. The van der Waals surface area contributed by atoms with Crippen LogP contribution in [0.15, 0.2) is 30.6 Å². The molecule has 8 heteroatoms. The fourth-order valence-electron chi connectivity index (χ4n) is 2.31. The van der Waals surface area contributed by atoms with Crippen LogP contribution in [0.3, 0.4) is 0 Å². The second-order valence-electron chi connectivity index (χ2n) is 6.04. The lowest BCUT2D eigenvalue weighted by atomic mass is 10.0. The highest BCUT2D eigenvalue weighted by Gasteiger charge is 2.24. The molecule has 2 rings (SSSR count). The Kier molecular flexibility index (Phi) is 6.21. The minimum absolute atomic E-state index is 0.0979. The third-order valence-corrected chi connectivity index (χ3v) is 3.80. The van der Waals surface area contributed by atoms with Crippen LogP contribution in [0.4, 0.5) is 4.39 Å². The zero-order valence-electron chi connectivity index (χ0n) is 14.5. The highest BCUT2D eigenvalue weighted by molar-refractivity contribution is 5.97. The SMILES string of the molecule is CC(C)[C@H](NC(=O)c1ccc(F)cc1)C(=O)NCCc1ncnn1C. The van der Waals surface area contributed by atoms with Crippen molar-refractivity contribution in [2.75, 3.05) is 6.54 Å². The van der Waals surface area contributed by atoms with Crippen LogP contribution in [0.2, 0.25) is 0 Å². The summed E-state index contributed by atoms with van der Waals surface area (Å²) >= 11 is 0. The lowest BCUT2D eigenvalue weighted by molar-refractivity contribution is -0.123. The van der Waals surface area contributed by atoms with Gasteiger partial charge in [-0.15, -0.1) is 0 Å². The molecule has 0 aliphatic heterocycles. The zero-order valence-corrected chi connectivity index (χ0v) is 14.5. The molecule has 0 spiro atoms. The summed E-state index contributed by atoms with van der Waals surface area (Å²) in [4.78, 5) is 28.7. The average Bonchev–Trinajstić information content (AvgIpc) is 2.97. The number of nitrogens with zero attached hydrogens (tertiary/aromatic N) is 3. The smallest absolute Gasteiger partial charge is 0.251 e. The van der Waals surface area contributed by atoms with Gasteiger partial charge in [0.25, 0.3) is 5.91 Å². The molecule has 0 fully saturated rings. The Hall–Kier alpha value is -2.77. The van der Waals surface area contributed by atoms with Crippen LogP contribution in [0, 0.1) is 11.7 Å². The molecule has 0 bridgehead atoms.